The maximum atomic E-state index is 14.0. The van der Waals surface area contributed by atoms with Crippen LogP contribution in [0.2, 0.25) is 0 Å². The highest BCUT2D eigenvalue weighted by atomic mass is 32.2. The Hall–Kier alpha value is -3.50. The predicted octanol–water partition coefficient (Wildman–Crippen LogP) is 4.65. The molecule has 2 aromatic carbocycles. The minimum atomic E-state index is -4.03. The zero-order valence-corrected chi connectivity index (χ0v) is 21.1. The molecule has 0 spiro atoms. The van der Waals surface area contributed by atoms with Gasteiger partial charge in [-0.05, 0) is 62.6 Å². The lowest BCUT2D eigenvalue weighted by atomic mass is 9.98. The van der Waals surface area contributed by atoms with E-state index in [1.165, 1.54) is 36.6 Å². The summed E-state index contributed by atoms with van der Waals surface area (Å²) in [5.74, 6) is -0.728. The average Bonchev–Trinajstić information content (AvgIpc) is 3.24. The van der Waals surface area contributed by atoms with Crippen LogP contribution in [0.1, 0.15) is 35.4 Å². The summed E-state index contributed by atoms with van der Waals surface area (Å²) < 4.78 is 53.1. The summed E-state index contributed by atoms with van der Waals surface area (Å²) in [4.78, 5) is 13.0. The third-order valence-corrected chi connectivity index (χ3v) is 8.14. The van der Waals surface area contributed by atoms with Gasteiger partial charge in [-0.1, -0.05) is 29.4 Å². The number of nitrogens with one attached hydrogen (secondary N) is 1. The van der Waals surface area contributed by atoms with E-state index in [9.17, 15) is 17.6 Å². The zero-order chi connectivity index (χ0) is 25.9. The number of sulfonamides is 1. The first-order chi connectivity index (χ1) is 17.2. The number of hydrogen-bond acceptors (Lipinski definition) is 6. The lowest BCUT2D eigenvalue weighted by Gasteiger charge is -2.31. The van der Waals surface area contributed by atoms with Gasteiger partial charge in [0, 0.05) is 18.7 Å². The molecule has 0 saturated carbocycles. The molecule has 1 N–H and O–H groups in total. The summed E-state index contributed by atoms with van der Waals surface area (Å²) in [6.07, 6.45) is 3.90. The van der Waals surface area contributed by atoms with Gasteiger partial charge in [0.05, 0.1) is 18.7 Å². The Labute approximate surface area is 209 Å². The molecule has 10 heteroatoms. The molecule has 0 bridgehead atoms. The van der Waals surface area contributed by atoms with Crippen molar-refractivity contribution in [2.24, 2.45) is 5.92 Å². The van der Waals surface area contributed by atoms with Crippen LogP contribution in [0.25, 0.3) is 12.2 Å². The van der Waals surface area contributed by atoms with Gasteiger partial charge in [-0.3, -0.25) is 4.79 Å². The molecular formula is C26H28FN3O5S. The molecule has 1 aliphatic heterocycles. The van der Waals surface area contributed by atoms with E-state index >= 15 is 0 Å². The fraction of sp³-hybridized carbons (Fsp3) is 0.308. The molecule has 2 heterocycles. The number of rotatable bonds is 7. The van der Waals surface area contributed by atoms with Gasteiger partial charge in [-0.15, -0.1) is 0 Å². The number of carbonyl (C=O) groups excluding carboxylic acids is 1. The second-order valence-corrected chi connectivity index (χ2v) is 10.6. The van der Waals surface area contributed by atoms with Crippen molar-refractivity contribution >= 4 is 33.8 Å². The summed E-state index contributed by atoms with van der Waals surface area (Å²) >= 11 is 0. The average molecular weight is 514 g/mol. The first-order valence-corrected chi connectivity index (χ1v) is 13.0. The lowest BCUT2D eigenvalue weighted by Crippen LogP contribution is -2.44. The summed E-state index contributed by atoms with van der Waals surface area (Å²) in [7, 11) is -2.50. The van der Waals surface area contributed by atoms with E-state index in [0.29, 0.717) is 24.3 Å². The second-order valence-electron chi connectivity index (χ2n) is 8.71. The first-order valence-electron chi connectivity index (χ1n) is 11.5. The van der Waals surface area contributed by atoms with Crippen molar-refractivity contribution in [2.75, 3.05) is 25.5 Å². The molecular weight excluding hydrogens is 485 g/mol. The molecule has 0 aliphatic carbocycles. The maximum absolute atomic E-state index is 14.0. The number of amides is 1. The van der Waals surface area contributed by atoms with Gasteiger partial charge < -0.3 is 14.6 Å². The van der Waals surface area contributed by atoms with Crippen LogP contribution in [-0.2, 0) is 14.8 Å². The monoisotopic (exact) mass is 513 g/mol. The van der Waals surface area contributed by atoms with E-state index in [0.717, 1.165) is 5.56 Å². The molecule has 1 amide bonds. The molecule has 1 aliphatic rings. The van der Waals surface area contributed by atoms with E-state index in [1.54, 1.807) is 24.3 Å². The Bertz CT molecular complexity index is 1400. The van der Waals surface area contributed by atoms with Crippen LogP contribution in [0.5, 0.6) is 5.75 Å². The quantitative estimate of drug-likeness (QED) is 0.494. The Morgan fingerprint density at radius 1 is 1.22 bits per heavy atom. The van der Waals surface area contributed by atoms with Crippen LogP contribution >= 0.6 is 0 Å². The fourth-order valence-electron chi connectivity index (χ4n) is 4.23. The minimum Gasteiger partial charge on any atom is -0.495 e. The summed E-state index contributed by atoms with van der Waals surface area (Å²) in [5, 5.41) is 6.71. The van der Waals surface area contributed by atoms with Crippen LogP contribution in [0.15, 0.2) is 51.9 Å². The van der Waals surface area contributed by atoms with Gasteiger partial charge in [-0.25, -0.2) is 12.8 Å². The molecule has 190 valence electrons. The lowest BCUT2D eigenvalue weighted by molar-refractivity contribution is -0.120. The van der Waals surface area contributed by atoms with Gasteiger partial charge in [0.2, 0.25) is 15.9 Å². The van der Waals surface area contributed by atoms with Crippen LogP contribution in [0.3, 0.4) is 0 Å². The molecule has 1 fully saturated rings. The van der Waals surface area contributed by atoms with Crippen molar-refractivity contribution in [1.82, 2.24) is 9.46 Å². The third kappa shape index (κ3) is 5.34. The maximum Gasteiger partial charge on any atom is 0.248 e. The zero-order valence-electron chi connectivity index (χ0n) is 20.3. The summed E-state index contributed by atoms with van der Waals surface area (Å²) in [5.41, 5.74) is 1.98. The Morgan fingerprint density at radius 2 is 2.00 bits per heavy atom. The van der Waals surface area contributed by atoms with Crippen molar-refractivity contribution < 1.29 is 26.9 Å². The standard InChI is InChI=1S/C26H28FN3O5S/c1-17-10-12-23(34-3)22(15-17)28-26(31)20-8-6-14-30(16-20)36(32,33)25-18(2)29-35-24(25)13-11-19-7-4-5-9-21(19)27/h4-5,7,9-13,15,20H,6,8,14,16H2,1-3H3,(H,28,31)/b13-11+/t20-/m0/s1. The Morgan fingerprint density at radius 3 is 2.75 bits per heavy atom. The van der Waals surface area contributed by atoms with E-state index in [2.05, 4.69) is 10.5 Å². The molecule has 8 nitrogen and oxygen atoms in total. The SMILES string of the molecule is COc1ccc(C)cc1NC(=O)[C@H]1CCCN(S(=O)(=O)c2c(C)noc2/C=C/c2ccccc2F)C1. The molecule has 4 rings (SSSR count). The molecule has 1 aromatic heterocycles. The van der Waals surface area contributed by atoms with Crippen molar-refractivity contribution in [1.29, 1.82) is 0 Å². The normalized spacial score (nSPS) is 16.8. The highest BCUT2D eigenvalue weighted by Gasteiger charge is 2.37. The van der Waals surface area contributed by atoms with Crippen molar-refractivity contribution in [2.45, 2.75) is 31.6 Å². The number of benzene rings is 2. The summed E-state index contributed by atoms with van der Waals surface area (Å²) in [6, 6.07) is 11.6. The van der Waals surface area contributed by atoms with Gasteiger partial charge in [-0.2, -0.15) is 4.31 Å². The van der Waals surface area contributed by atoms with Gasteiger partial charge in [0.1, 0.15) is 17.3 Å². The number of anilines is 1. The van der Waals surface area contributed by atoms with Gasteiger partial charge in [0.15, 0.2) is 10.7 Å². The van der Waals surface area contributed by atoms with Crippen LogP contribution in [0.4, 0.5) is 10.1 Å². The minimum absolute atomic E-state index is 0.00632. The Kier molecular flexibility index (Phi) is 7.56. The predicted molar refractivity (Wildman–Crippen MR) is 134 cm³/mol. The van der Waals surface area contributed by atoms with E-state index < -0.39 is 21.8 Å². The number of methoxy groups -OCH3 is 1. The van der Waals surface area contributed by atoms with Gasteiger partial charge in [0.25, 0.3) is 0 Å². The highest BCUT2D eigenvalue weighted by molar-refractivity contribution is 7.89. The molecule has 36 heavy (non-hydrogen) atoms. The van der Waals surface area contributed by atoms with Gasteiger partial charge >= 0.3 is 0 Å². The number of carbonyl (C=O) groups is 1. The van der Waals surface area contributed by atoms with Crippen molar-refractivity contribution in [3.8, 4) is 5.75 Å². The summed E-state index contributed by atoms with van der Waals surface area (Å²) in [6.45, 7) is 3.73. The van der Waals surface area contributed by atoms with E-state index in [1.807, 2.05) is 19.1 Å². The first kappa shape index (κ1) is 25.6. The number of aryl methyl sites for hydroxylation is 2. The van der Waals surface area contributed by atoms with Crippen LogP contribution < -0.4 is 10.1 Å². The molecule has 0 radical (unpaired) electrons. The Balaban J connectivity index is 1.55. The number of nitrogens with zero attached hydrogens (tertiary/aromatic N) is 2. The number of piperidine rings is 1. The topological polar surface area (TPSA) is 102 Å². The highest BCUT2D eigenvalue weighted by Crippen LogP contribution is 2.31. The molecule has 0 unspecified atom stereocenters. The number of ether oxygens (including phenoxy) is 1. The van der Waals surface area contributed by atoms with Crippen LogP contribution in [0, 0.1) is 25.6 Å². The molecule has 1 saturated heterocycles. The van der Waals surface area contributed by atoms with Crippen molar-refractivity contribution in [3.63, 3.8) is 0 Å². The molecule has 1 atom stereocenters. The number of aromatic nitrogens is 1. The largest absolute Gasteiger partial charge is 0.495 e. The second kappa shape index (κ2) is 10.6. The van der Waals surface area contributed by atoms with E-state index in [-0.39, 0.29) is 40.9 Å². The van der Waals surface area contributed by atoms with Crippen LogP contribution in [-0.4, -0.2) is 44.0 Å². The molecule has 3 aromatic rings. The third-order valence-electron chi connectivity index (χ3n) is 6.12. The fourth-order valence-corrected chi connectivity index (χ4v) is 6.01. The number of hydrogen-bond donors (Lipinski definition) is 1. The smallest absolute Gasteiger partial charge is 0.248 e. The van der Waals surface area contributed by atoms with Crippen molar-refractivity contribution in [3.05, 3.63) is 70.9 Å². The van der Waals surface area contributed by atoms with E-state index in [4.69, 9.17) is 9.26 Å². The number of halogens is 1.